The summed E-state index contributed by atoms with van der Waals surface area (Å²) < 4.78 is 21.6. The van der Waals surface area contributed by atoms with Gasteiger partial charge in [0.1, 0.15) is 17.4 Å². The monoisotopic (exact) mass is 381 g/mol. The smallest absolute Gasteiger partial charge is 0.258 e. The molecule has 1 N–H and O–H groups in total. The first kappa shape index (κ1) is 19.6. The van der Waals surface area contributed by atoms with Crippen LogP contribution in [0.5, 0.6) is 5.75 Å². The van der Waals surface area contributed by atoms with Crippen LogP contribution in [0.15, 0.2) is 54.9 Å². The highest BCUT2D eigenvalue weighted by atomic mass is 19.1. The van der Waals surface area contributed by atoms with E-state index in [2.05, 4.69) is 24.1 Å². The number of nitrogens with one attached hydrogen (secondary N) is 1. The van der Waals surface area contributed by atoms with Gasteiger partial charge in [-0.25, -0.2) is 9.37 Å². The maximum Gasteiger partial charge on any atom is 0.258 e. The van der Waals surface area contributed by atoms with Crippen molar-refractivity contribution in [2.24, 2.45) is 0 Å². The van der Waals surface area contributed by atoms with E-state index in [0.717, 1.165) is 0 Å². The summed E-state index contributed by atoms with van der Waals surface area (Å²) in [6, 6.07) is 12.6. The zero-order valence-electron chi connectivity index (χ0n) is 16.3. The molecular formula is C22H24FN3O2. The molecule has 0 bridgehead atoms. The number of halogens is 1. The average Bonchev–Trinajstić information content (AvgIpc) is 3.10. The lowest BCUT2D eigenvalue weighted by Crippen LogP contribution is -2.28. The molecule has 146 valence electrons. The zero-order chi connectivity index (χ0) is 20.1. The van der Waals surface area contributed by atoms with Crippen molar-refractivity contribution in [2.75, 3.05) is 6.61 Å². The molecule has 6 heteroatoms. The summed E-state index contributed by atoms with van der Waals surface area (Å²) in [4.78, 5) is 16.1. The highest BCUT2D eigenvalue weighted by molar-refractivity contribution is 5.77. The molecule has 3 rings (SSSR count). The summed E-state index contributed by atoms with van der Waals surface area (Å²) in [6.07, 6.45) is 3.33. The largest absolute Gasteiger partial charge is 0.484 e. The van der Waals surface area contributed by atoms with E-state index >= 15 is 0 Å². The molecule has 5 nitrogen and oxygen atoms in total. The van der Waals surface area contributed by atoms with Crippen LogP contribution in [0.2, 0.25) is 0 Å². The number of hydrogen-bond donors (Lipinski definition) is 1. The van der Waals surface area contributed by atoms with Gasteiger partial charge in [-0.2, -0.15) is 0 Å². The fourth-order valence-corrected chi connectivity index (χ4v) is 2.84. The molecule has 0 saturated carbocycles. The normalized spacial score (nSPS) is 10.9. The fraction of sp³-hybridized carbons (Fsp3) is 0.273. The third-order valence-corrected chi connectivity index (χ3v) is 4.50. The topological polar surface area (TPSA) is 56.2 Å². The maximum atomic E-state index is 14.4. The zero-order valence-corrected chi connectivity index (χ0v) is 16.3. The maximum absolute atomic E-state index is 14.4. The first-order valence-electron chi connectivity index (χ1n) is 9.22. The second-order valence-corrected chi connectivity index (χ2v) is 6.92. The van der Waals surface area contributed by atoms with E-state index in [1.807, 2.05) is 31.2 Å². The van der Waals surface area contributed by atoms with Crippen molar-refractivity contribution in [3.63, 3.8) is 0 Å². The van der Waals surface area contributed by atoms with Gasteiger partial charge in [0.05, 0.1) is 5.69 Å². The lowest BCUT2D eigenvalue weighted by molar-refractivity contribution is -0.123. The lowest BCUT2D eigenvalue weighted by atomic mass is 10.0. The Balaban J connectivity index is 1.52. The summed E-state index contributed by atoms with van der Waals surface area (Å²) >= 11 is 0. The lowest BCUT2D eigenvalue weighted by Gasteiger charge is -2.11. The molecule has 0 atom stereocenters. The number of nitrogens with zero attached hydrogens (tertiary/aromatic N) is 2. The number of aryl methyl sites for hydroxylation is 1. The summed E-state index contributed by atoms with van der Waals surface area (Å²) in [5.74, 6) is 1.17. The Morgan fingerprint density at radius 3 is 2.57 bits per heavy atom. The molecule has 0 fully saturated rings. The number of benzene rings is 2. The minimum absolute atomic E-state index is 0.0875. The van der Waals surface area contributed by atoms with Crippen molar-refractivity contribution >= 4 is 5.91 Å². The second kappa shape index (κ2) is 8.69. The van der Waals surface area contributed by atoms with E-state index < -0.39 is 0 Å². The van der Waals surface area contributed by atoms with E-state index in [4.69, 9.17) is 4.74 Å². The Labute approximate surface area is 164 Å². The first-order valence-corrected chi connectivity index (χ1v) is 9.22. The summed E-state index contributed by atoms with van der Waals surface area (Å²) in [6.45, 7) is 6.19. The third kappa shape index (κ3) is 4.76. The van der Waals surface area contributed by atoms with Gasteiger partial charge >= 0.3 is 0 Å². The van der Waals surface area contributed by atoms with Gasteiger partial charge < -0.3 is 14.6 Å². The van der Waals surface area contributed by atoms with Gasteiger partial charge in [0.2, 0.25) is 0 Å². The van der Waals surface area contributed by atoms with Crippen LogP contribution >= 0.6 is 0 Å². The Hall–Kier alpha value is -3.15. The van der Waals surface area contributed by atoms with Crippen molar-refractivity contribution in [2.45, 2.75) is 33.2 Å². The molecule has 0 aliphatic heterocycles. The summed E-state index contributed by atoms with van der Waals surface area (Å²) in [7, 11) is 0. The molecular weight excluding hydrogens is 357 g/mol. The van der Waals surface area contributed by atoms with Gasteiger partial charge in [0.15, 0.2) is 6.61 Å². The fourth-order valence-electron chi connectivity index (χ4n) is 2.84. The van der Waals surface area contributed by atoms with Crippen molar-refractivity contribution in [1.82, 2.24) is 14.9 Å². The molecule has 0 spiro atoms. The van der Waals surface area contributed by atoms with Crippen LogP contribution in [0.4, 0.5) is 4.39 Å². The summed E-state index contributed by atoms with van der Waals surface area (Å²) in [5.41, 5.74) is 2.32. The van der Waals surface area contributed by atoms with E-state index in [-0.39, 0.29) is 24.9 Å². The van der Waals surface area contributed by atoms with Crippen molar-refractivity contribution in [3.8, 4) is 11.4 Å². The van der Waals surface area contributed by atoms with E-state index in [0.29, 0.717) is 28.7 Å². The van der Waals surface area contributed by atoms with Crippen molar-refractivity contribution in [1.29, 1.82) is 0 Å². The number of carbonyl (C=O) groups is 1. The number of rotatable bonds is 7. The van der Waals surface area contributed by atoms with E-state index in [1.165, 1.54) is 11.6 Å². The number of amides is 1. The Morgan fingerprint density at radius 2 is 1.96 bits per heavy atom. The average molecular weight is 381 g/mol. The molecule has 28 heavy (non-hydrogen) atoms. The molecule has 0 aliphatic carbocycles. The molecule has 0 aliphatic rings. The van der Waals surface area contributed by atoms with Crippen molar-refractivity contribution < 1.29 is 13.9 Å². The molecule has 2 aromatic carbocycles. The van der Waals surface area contributed by atoms with Crippen LogP contribution in [-0.2, 0) is 11.3 Å². The van der Waals surface area contributed by atoms with Gasteiger partial charge in [-0.05, 0) is 48.2 Å². The SMILES string of the molecule is Cc1nccn1-c1ccc(CNC(=O)COc2ccc(C(C)C)cc2)cc1F. The first-order chi connectivity index (χ1) is 13.4. The van der Waals surface area contributed by atoms with Gasteiger partial charge in [-0.15, -0.1) is 0 Å². The molecule has 0 unspecified atom stereocenters. The van der Waals surface area contributed by atoms with Crippen molar-refractivity contribution in [3.05, 3.63) is 77.6 Å². The Bertz CT molecular complexity index is 949. The minimum Gasteiger partial charge on any atom is -0.484 e. The standard InChI is InChI=1S/C22H24FN3O2/c1-15(2)18-5-7-19(8-6-18)28-14-22(27)25-13-17-4-9-21(20(23)12-17)26-11-10-24-16(26)3/h4-12,15H,13-14H2,1-3H3,(H,25,27). The molecule has 0 radical (unpaired) electrons. The number of aromatic nitrogens is 2. The molecule has 0 saturated heterocycles. The van der Waals surface area contributed by atoms with E-state index in [1.54, 1.807) is 29.1 Å². The predicted molar refractivity (Wildman–Crippen MR) is 106 cm³/mol. The van der Waals surface area contributed by atoms with Gasteiger partial charge in [-0.1, -0.05) is 32.0 Å². The molecule has 1 heterocycles. The molecule has 3 aromatic rings. The van der Waals surface area contributed by atoms with Gasteiger partial charge in [0, 0.05) is 18.9 Å². The van der Waals surface area contributed by atoms with Crippen LogP contribution in [-0.4, -0.2) is 22.1 Å². The highest BCUT2D eigenvalue weighted by Crippen LogP contribution is 2.19. The summed E-state index contributed by atoms with van der Waals surface area (Å²) in [5, 5.41) is 2.74. The number of ether oxygens (including phenoxy) is 1. The van der Waals surface area contributed by atoms with Crippen LogP contribution in [0, 0.1) is 12.7 Å². The van der Waals surface area contributed by atoms with Crippen LogP contribution in [0.1, 0.15) is 36.7 Å². The number of carbonyl (C=O) groups excluding carboxylic acids is 1. The minimum atomic E-state index is -0.366. The van der Waals surface area contributed by atoms with E-state index in [9.17, 15) is 9.18 Å². The Morgan fingerprint density at radius 1 is 1.21 bits per heavy atom. The van der Waals surface area contributed by atoms with Crippen LogP contribution in [0.25, 0.3) is 5.69 Å². The quantitative estimate of drug-likeness (QED) is 0.669. The van der Waals surface area contributed by atoms with Gasteiger partial charge in [-0.3, -0.25) is 4.79 Å². The molecule has 1 aromatic heterocycles. The second-order valence-electron chi connectivity index (χ2n) is 6.92. The highest BCUT2D eigenvalue weighted by Gasteiger charge is 2.09. The predicted octanol–water partition coefficient (Wildman–Crippen LogP) is 4.14. The van der Waals surface area contributed by atoms with Crippen LogP contribution < -0.4 is 10.1 Å². The van der Waals surface area contributed by atoms with Crippen LogP contribution in [0.3, 0.4) is 0 Å². The Kier molecular flexibility index (Phi) is 6.09. The number of hydrogen-bond acceptors (Lipinski definition) is 3. The third-order valence-electron chi connectivity index (χ3n) is 4.50. The molecule has 1 amide bonds. The number of imidazole rings is 1. The van der Waals surface area contributed by atoms with Gasteiger partial charge in [0.25, 0.3) is 5.91 Å².